The molecule has 0 radical (unpaired) electrons. The molecule has 1 atom stereocenters. The van der Waals surface area contributed by atoms with Crippen LogP contribution in [0, 0.1) is 5.92 Å². The predicted molar refractivity (Wildman–Crippen MR) is 104 cm³/mol. The number of piperazine rings is 1. The Bertz CT molecular complexity index is 651. The summed E-state index contributed by atoms with van der Waals surface area (Å²) >= 11 is 0. The van der Waals surface area contributed by atoms with E-state index < -0.39 is 0 Å². The molecule has 2 aliphatic heterocycles. The van der Waals surface area contributed by atoms with Crippen molar-refractivity contribution in [1.82, 2.24) is 14.7 Å². The summed E-state index contributed by atoms with van der Waals surface area (Å²) in [5.74, 6) is 1.04. The average molecular weight is 373 g/mol. The van der Waals surface area contributed by atoms with E-state index in [4.69, 9.17) is 4.74 Å². The molecule has 148 valence electrons. The highest BCUT2D eigenvalue weighted by Crippen LogP contribution is 2.22. The molecule has 3 rings (SSSR count). The van der Waals surface area contributed by atoms with Crippen molar-refractivity contribution in [2.24, 2.45) is 5.92 Å². The van der Waals surface area contributed by atoms with Crippen LogP contribution < -0.4 is 4.74 Å². The molecule has 6 nitrogen and oxygen atoms in total. The van der Waals surface area contributed by atoms with Crippen LogP contribution in [0.1, 0.15) is 32.3 Å². The Morgan fingerprint density at radius 1 is 1.07 bits per heavy atom. The second kappa shape index (κ2) is 8.74. The summed E-state index contributed by atoms with van der Waals surface area (Å²) in [5.41, 5.74) is 1.25. The van der Waals surface area contributed by atoms with Gasteiger partial charge in [-0.15, -0.1) is 0 Å². The molecule has 1 aromatic rings. The van der Waals surface area contributed by atoms with Gasteiger partial charge in [0.2, 0.25) is 11.8 Å². The third kappa shape index (κ3) is 4.61. The van der Waals surface area contributed by atoms with Crippen LogP contribution in [0.15, 0.2) is 24.3 Å². The van der Waals surface area contributed by atoms with Crippen molar-refractivity contribution in [3.05, 3.63) is 29.8 Å². The largest absolute Gasteiger partial charge is 0.497 e. The molecule has 0 aliphatic carbocycles. The van der Waals surface area contributed by atoms with Crippen molar-refractivity contribution < 1.29 is 14.3 Å². The molecule has 2 fully saturated rings. The van der Waals surface area contributed by atoms with Crippen LogP contribution in [0.5, 0.6) is 5.75 Å². The van der Waals surface area contributed by atoms with E-state index in [0.29, 0.717) is 6.54 Å². The number of amides is 2. The van der Waals surface area contributed by atoms with Gasteiger partial charge in [0.1, 0.15) is 11.8 Å². The Hall–Kier alpha value is -2.08. The first-order valence-electron chi connectivity index (χ1n) is 9.94. The van der Waals surface area contributed by atoms with Gasteiger partial charge in [0, 0.05) is 45.2 Å². The molecule has 1 aromatic carbocycles. The molecule has 2 aliphatic rings. The topological polar surface area (TPSA) is 53.1 Å². The lowest BCUT2D eigenvalue weighted by Gasteiger charge is -2.37. The molecule has 2 saturated heterocycles. The van der Waals surface area contributed by atoms with E-state index in [1.807, 2.05) is 30.9 Å². The van der Waals surface area contributed by atoms with Crippen LogP contribution in [-0.4, -0.2) is 72.4 Å². The number of carbonyl (C=O) groups excluding carboxylic acids is 2. The molecule has 27 heavy (non-hydrogen) atoms. The van der Waals surface area contributed by atoms with Gasteiger partial charge < -0.3 is 14.5 Å². The Morgan fingerprint density at radius 3 is 2.33 bits per heavy atom. The lowest BCUT2D eigenvalue weighted by Crippen LogP contribution is -2.54. The van der Waals surface area contributed by atoms with Crippen LogP contribution in [0.25, 0.3) is 0 Å². The second-order valence-electron chi connectivity index (χ2n) is 7.79. The zero-order valence-corrected chi connectivity index (χ0v) is 16.7. The molecule has 2 heterocycles. The number of benzene rings is 1. The second-order valence-corrected chi connectivity index (χ2v) is 7.79. The number of nitrogens with zero attached hydrogens (tertiary/aromatic N) is 3. The number of likely N-dealkylation sites (tertiary alicyclic amines) is 1. The molecule has 1 unspecified atom stereocenters. The number of rotatable bonds is 5. The van der Waals surface area contributed by atoms with Gasteiger partial charge in [-0.3, -0.25) is 14.5 Å². The number of carbonyl (C=O) groups is 2. The molecular formula is C21H31N3O3. The summed E-state index contributed by atoms with van der Waals surface area (Å²) in [4.78, 5) is 31.5. The molecule has 2 amide bonds. The Labute approximate surface area is 162 Å². The van der Waals surface area contributed by atoms with Crippen LogP contribution in [0.3, 0.4) is 0 Å². The molecule has 0 saturated carbocycles. The van der Waals surface area contributed by atoms with Crippen LogP contribution >= 0.6 is 0 Å². The quantitative estimate of drug-likeness (QED) is 0.792. The lowest BCUT2D eigenvalue weighted by atomic mass is 10.1. The first-order chi connectivity index (χ1) is 13.0. The number of hydrogen-bond acceptors (Lipinski definition) is 4. The first-order valence-corrected chi connectivity index (χ1v) is 9.94. The highest BCUT2D eigenvalue weighted by atomic mass is 16.5. The van der Waals surface area contributed by atoms with E-state index in [0.717, 1.165) is 51.3 Å². The Morgan fingerprint density at radius 2 is 1.74 bits per heavy atom. The fraction of sp³-hybridized carbons (Fsp3) is 0.619. The van der Waals surface area contributed by atoms with E-state index in [2.05, 4.69) is 17.0 Å². The summed E-state index contributed by atoms with van der Waals surface area (Å²) in [5, 5.41) is 0. The van der Waals surface area contributed by atoms with Gasteiger partial charge in [0.25, 0.3) is 0 Å². The number of methoxy groups -OCH3 is 1. The molecule has 0 bridgehead atoms. The maximum Gasteiger partial charge on any atom is 0.245 e. The van der Waals surface area contributed by atoms with Crippen molar-refractivity contribution in [2.75, 3.05) is 39.8 Å². The maximum atomic E-state index is 13.0. The minimum absolute atomic E-state index is 0.0558. The SMILES string of the molecule is COc1ccc(CN2CCN(C(=O)C3CCCN3C(=O)C(C)C)CC2)cc1. The fourth-order valence-corrected chi connectivity index (χ4v) is 3.95. The summed E-state index contributed by atoms with van der Waals surface area (Å²) < 4.78 is 5.20. The van der Waals surface area contributed by atoms with Crippen molar-refractivity contribution in [3.63, 3.8) is 0 Å². The van der Waals surface area contributed by atoms with Crippen LogP contribution in [0.4, 0.5) is 0 Å². The van der Waals surface area contributed by atoms with Gasteiger partial charge in [-0.2, -0.15) is 0 Å². The van der Waals surface area contributed by atoms with Crippen molar-refractivity contribution >= 4 is 11.8 Å². The zero-order valence-electron chi connectivity index (χ0n) is 16.7. The zero-order chi connectivity index (χ0) is 19.4. The summed E-state index contributed by atoms with van der Waals surface area (Å²) in [6.07, 6.45) is 1.72. The van der Waals surface area contributed by atoms with Gasteiger partial charge in [-0.25, -0.2) is 0 Å². The van der Waals surface area contributed by atoms with E-state index in [1.165, 1.54) is 5.56 Å². The lowest BCUT2D eigenvalue weighted by molar-refractivity contribution is -0.146. The van der Waals surface area contributed by atoms with Gasteiger partial charge in [-0.05, 0) is 30.5 Å². The Kier molecular flexibility index (Phi) is 6.37. The first kappa shape index (κ1) is 19.7. The highest BCUT2D eigenvalue weighted by molar-refractivity contribution is 5.89. The highest BCUT2D eigenvalue weighted by Gasteiger charge is 2.37. The molecular weight excluding hydrogens is 342 g/mol. The summed E-state index contributed by atoms with van der Waals surface area (Å²) in [7, 11) is 1.67. The van der Waals surface area contributed by atoms with Crippen molar-refractivity contribution in [1.29, 1.82) is 0 Å². The Balaban J connectivity index is 1.52. The van der Waals surface area contributed by atoms with E-state index in [-0.39, 0.29) is 23.8 Å². The molecule has 0 aromatic heterocycles. The van der Waals surface area contributed by atoms with Crippen LogP contribution in [-0.2, 0) is 16.1 Å². The monoisotopic (exact) mass is 373 g/mol. The van der Waals surface area contributed by atoms with Gasteiger partial charge >= 0.3 is 0 Å². The maximum absolute atomic E-state index is 13.0. The van der Waals surface area contributed by atoms with Crippen molar-refractivity contribution in [3.8, 4) is 5.75 Å². The summed E-state index contributed by atoms with van der Waals surface area (Å²) in [6, 6.07) is 7.88. The smallest absolute Gasteiger partial charge is 0.245 e. The average Bonchev–Trinajstić information content (AvgIpc) is 3.17. The predicted octanol–water partition coefficient (Wildman–Crippen LogP) is 1.99. The molecule has 6 heteroatoms. The number of hydrogen-bond donors (Lipinski definition) is 0. The van der Waals surface area contributed by atoms with Gasteiger partial charge in [0.05, 0.1) is 7.11 Å². The summed E-state index contributed by atoms with van der Waals surface area (Å²) in [6.45, 7) is 8.59. The van der Waals surface area contributed by atoms with Gasteiger partial charge in [0.15, 0.2) is 0 Å². The van der Waals surface area contributed by atoms with E-state index in [9.17, 15) is 9.59 Å². The normalized spacial score (nSPS) is 21.0. The third-order valence-electron chi connectivity index (χ3n) is 5.56. The molecule has 0 spiro atoms. The minimum atomic E-state index is -0.256. The fourth-order valence-electron chi connectivity index (χ4n) is 3.95. The van der Waals surface area contributed by atoms with Crippen LogP contribution in [0.2, 0.25) is 0 Å². The third-order valence-corrected chi connectivity index (χ3v) is 5.56. The minimum Gasteiger partial charge on any atom is -0.497 e. The van der Waals surface area contributed by atoms with E-state index >= 15 is 0 Å². The standard InChI is InChI=1S/C21H31N3O3/c1-16(2)20(25)24-10-4-5-19(24)21(26)23-13-11-22(12-14-23)15-17-6-8-18(27-3)9-7-17/h6-9,16,19H,4-5,10-15H2,1-3H3. The number of ether oxygens (including phenoxy) is 1. The van der Waals surface area contributed by atoms with Crippen molar-refractivity contribution in [2.45, 2.75) is 39.3 Å². The van der Waals surface area contributed by atoms with Gasteiger partial charge in [-0.1, -0.05) is 26.0 Å². The molecule has 0 N–H and O–H groups in total. The van der Waals surface area contributed by atoms with E-state index in [1.54, 1.807) is 12.0 Å².